The van der Waals surface area contributed by atoms with Crippen LogP contribution in [0.4, 0.5) is 4.39 Å². The summed E-state index contributed by atoms with van der Waals surface area (Å²) >= 11 is 0. The molecule has 0 unspecified atom stereocenters. The number of hydrogen-bond acceptors (Lipinski definition) is 5. The molecule has 0 N–H and O–H groups in total. The van der Waals surface area contributed by atoms with Gasteiger partial charge in [0.05, 0.1) is 6.61 Å². The predicted molar refractivity (Wildman–Crippen MR) is 62.6 cm³/mol. The van der Waals surface area contributed by atoms with E-state index in [1.807, 2.05) is 0 Å². The lowest BCUT2D eigenvalue weighted by Crippen LogP contribution is -2.05. The van der Waals surface area contributed by atoms with Crippen molar-refractivity contribution in [2.45, 2.75) is 6.92 Å². The van der Waals surface area contributed by atoms with Crippen LogP contribution >= 0.6 is 0 Å². The summed E-state index contributed by atoms with van der Waals surface area (Å²) < 4.78 is 22.8. The van der Waals surface area contributed by atoms with Crippen molar-refractivity contribution in [3.05, 3.63) is 41.5 Å². The second-order valence-corrected chi connectivity index (χ2v) is 3.54. The first-order valence-electron chi connectivity index (χ1n) is 5.49. The van der Waals surface area contributed by atoms with Crippen molar-refractivity contribution >= 4 is 5.97 Å². The van der Waals surface area contributed by atoms with E-state index in [2.05, 4.69) is 4.98 Å². The van der Waals surface area contributed by atoms with Crippen molar-refractivity contribution in [3.63, 3.8) is 0 Å². The van der Waals surface area contributed by atoms with Crippen LogP contribution in [0.2, 0.25) is 0 Å². The van der Waals surface area contributed by atoms with Gasteiger partial charge in [-0.2, -0.15) is 10.2 Å². The molecule has 5 nitrogen and oxygen atoms in total. The van der Waals surface area contributed by atoms with Crippen LogP contribution in [0.15, 0.2) is 28.7 Å². The highest BCUT2D eigenvalue weighted by Gasteiger charge is 2.22. The maximum atomic E-state index is 12.8. The number of halogens is 1. The Morgan fingerprint density at radius 2 is 2.16 bits per heavy atom. The summed E-state index contributed by atoms with van der Waals surface area (Å²) in [6.45, 7) is 1.80. The van der Waals surface area contributed by atoms with Gasteiger partial charge in [-0.3, -0.25) is 0 Å². The minimum atomic E-state index is -0.750. The standard InChI is InChI=1S/C13H9FN2O3/c1-2-18-13(17)11-10(7-15)16-12(19-11)8-3-5-9(14)6-4-8/h3-6H,2H2,1H3. The number of hydrogen-bond donors (Lipinski definition) is 0. The summed E-state index contributed by atoms with van der Waals surface area (Å²) in [5.74, 6) is -1.33. The van der Waals surface area contributed by atoms with Gasteiger partial charge in [0.15, 0.2) is 5.69 Å². The molecular weight excluding hydrogens is 251 g/mol. The number of nitriles is 1. The van der Waals surface area contributed by atoms with Gasteiger partial charge in [0, 0.05) is 5.56 Å². The van der Waals surface area contributed by atoms with Gasteiger partial charge in [-0.15, -0.1) is 0 Å². The smallest absolute Gasteiger partial charge is 0.377 e. The van der Waals surface area contributed by atoms with E-state index in [0.717, 1.165) is 0 Å². The number of benzene rings is 1. The molecule has 0 aliphatic heterocycles. The van der Waals surface area contributed by atoms with Gasteiger partial charge in [0.1, 0.15) is 11.9 Å². The van der Waals surface area contributed by atoms with E-state index < -0.39 is 11.8 Å². The van der Waals surface area contributed by atoms with Crippen molar-refractivity contribution in [3.8, 4) is 17.5 Å². The van der Waals surface area contributed by atoms with Crippen molar-refractivity contribution in [2.24, 2.45) is 0 Å². The lowest BCUT2D eigenvalue weighted by atomic mass is 10.2. The molecular formula is C13H9FN2O3. The summed E-state index contributed by atoms with van der Waals surface area (Å²) in [6.07, 6.45) is 0. The second kappa shape index (κ2) is 5.31. The van der Waals surface area contributed by atoms with Crippen LogP contribution < -0.4 is 0 Å². The summed E-state index contributed by atoms with van der Waals surface area (Å²) in [7, 11) is 0. The Labute approximate surface area is 108 Å². The number of aromatic nitrogens is 1. The summed E-state index contributed by atoms with van der Waals surface area (Å²) in [6, 6.07) is 7.10. The molecule has 1 aromatic carbocycles. The van der Waals surface area contributed by atoms with Crippen molar-refractivity contribution in [1.82, 2.24) is 4.98 Å². The fourth-order valence-corrected chi connectivity index (χ4v) is 1.45. The number of rotatable bonds is 3. The molecule has 1 heterocycles. The van der Waals surface area contributed by atoms with Crippen LogP contribution in [-0.4, -0.2) is 17.6 Å². The summed E-state index contributed by atoms with van der Waals surface area (Å²) in [5, 5.41) is 8.90. The molecule has 6 heteroatoms. The Bertz CT molecular complexity index is 641. The Kier molecular flexibility index (Phi) is 3.57. The molecule has 0 saturated heterocycles. The van der Waals surface area contributed by atoms with E-state index in [4.69, 9.17) is 14.4 Å². The van der Waals surface area contributed by atoms with Gasteiger partial charge < -0.3 is 9.15 Å². The fourth-order valence-electron chi connectivity index (χ4n) is 1.45. The molecule has 2 aromatic rings. The fraction of sp³-hybridized carbons (Fsp3) is 0.154. The summed E-state index contributed by atoms with van der Waals surface area (Å²) in [4.78, 5) is 15.4. The molecule has 96 valence electrons. The van der Waals surface area contributed by atoms with Gasteiger partial charge in [0.25, 0.3) is 5.76 Å². The lowest BCUT2D eigenvalue weighted by molar-refractivity contribution is 0.0490. The Balaban J connectivity index is 2.41. The van der Waals surface area contributed by atoms with E-state index in [0.29, 0.717) is 5.56 Å². The first kappa shape index (κ1) is 12.8. The van der Waals surface area contributed by atoms with Gasteiger partial charge in [-0.1, -0.05) is 0 Å². The van der Waals surface area contributed by atoms with Gasteiger partial charge in [0.2, 0.25) is 5.89 Å². The molecule has 0 aliphatic carbocycles. The van der Waals surface area contributed by atoms with E-state index in [-0.39, 0.29) is 24.0 Å². The maximum absolute atomic E-state index is 12.8. The molecule has 0 spiro atoms. The minimum Gasteiger partial charge on any atom is -0.460 e. The van der Waals surface area contributed by atoms with Crippen molar-refractivity contribution in [2.75, 3.05) is 6.61 Å². The van der Waals surface area contributed by atoms with Crippen LogP contribution in [0.1, 0.15) is 23.2 Å². The number of oxazole rings is 1. The van der Waals surface area contributed by atoms with Crippen LogP contribution in [-0.2, 0) is 4.74 Å². The lowest BCUT2D eigenvalue weighted by Gasteiger charge is -1.97. The Morgan fingerprint density at radius 1 is 1.47 bits per heavy atom. The Morgan fingerprint density at radius 3 is 2.74 bits per heavy atom. The average molecular weight is 260 g/mol. The molecule has 0 saturated carbocycles. The van der Waals surface area contributed by atoms with Crippen LogP contribution in [0, 0.1) is 17.1 Å². The maximum Gasteiger partial charge on any atom is 0.377 e. The zero-order valence-corrected chi connectivity index (χ0v) is 10.0. The number of carbonyl (C=O) groups excluding carboxylic acids is 1. The average Bonchev–Trinajstić information content (AvgIpc) is 2.84. The molecule has 0 bridgehead atoms. The molecule has 19 heavy (non-hydrogen) atoms. The first-order chi connectivity index (χ1) is 9.15. The highest BCUT2D eigenvalue weighted by atomic mass is 19.1. The quantitative estimate of drug-likeness (QED) is 0.792. The molecule has 0 aliphatic rings. The molecule has 0 fully saturated rings. The normalized spacial score (nSPS) is 9.95. The van der Waals surface area contributed by atoms with E-state index in [9.17, 15) is 9.18 Å². The van der Waals surface area contributed by atoms with Crippen LogP contribution in [0.3, 0.4) is 0 Å². The second-order valence-electron chi connectivity index (χ2n) is 3.54. The summed E-state index contributed by atoms with van der Waals surface area (Å²) in [5.41, 5.74) is 0.311. The minimum absolute atomic E-state index is 0.0691. The monoisotopic (exact) mass is 260 g/mol. The Hall–Kier alpha value is -2.68. The zero-order chi connectivity index (χ0) is 13.8. The molecule has 0 atom stereocenters. The van der Waals surface area contributed by atoms with Crippen LogP contribution in [0.5, 0.6) is 0 Å². The SMILES string of the molecule is CCOC(=O)c1oc(-c2ccc(F)cc2)nc1C#N. The third kappa shape index (κ3) is 2.60. The van der Waals surface area contributed by atoms with Gasteiger partial charge in [-0.25, -0.2) is 9.18 Å². The highest BCUT2D eigenvalue weighted by molar-refractivity contribution is 5.89. The number of nitrogens with zero attached hydrogens (tertiary/aromatic N) is 2. The largest absolute Gasteiger partial charge is 0.460 e. The number of ether oxygens (including phenoxy) is 1. The first-order valence-corrected chi connectivity index (χ1v) is 5.49. The van der Waals surface area contributed by atoms with Crippen LogP contribution in [0.25, 0.3) is 11.5 Å². The molecule has 0 amide bonds. The van der Waals surface area contributed by atoms with Crippen molar-refractivity contribution < 1.29 is 18.3 Å². The van der Waals surface area contributed by atoms with Gasteiger partial charge >= 0.3 is 5.97 Å². The molecule has 0 radical (unpaired) electrons. The molecule has 2 rings (SSSR count). The zero-order valence-electron chi connectivity index (χ0n) is 10.0. The van der Waals surface area contributed by atoms with Crippen molar-refractivity contribution in [1.29, 1.82) is 5.26 Å². The van der Waals surface area contributed by atoms with Gasteiger partial charge in [-0.05, 0) is 31.2 Å². The third-order valence-electron chi connectivity index (χ3n) is 2.29. The molecule has 1 aromatic heterocycles. The van der Waals surface area contributed by atoms with E-state index in [1.54, 1.807) is 13.0 Å². The predicted octanol–water partition coefficient (Wildman–Crippen LogP) is 2.53. The topological polar surface area (TPSA) is 76.1 Å². The highest BCUT2D eigenvalue weighted by Crippen LogP contribution is 2.22. The number of esters is 1. The third-order valence-corrected chi connectivity index (χ3v) is 2.29. The number of carbonyl (C=O) groups is 1. The van der Waals surface area contributed by atoms with E-state index in [1.165, 1.54) is 24.3 Å². The van der Waals surface area contributed by atoms with E-state index >= 15 is 0 Å².